The van der Waals surface area contributed by atoms with Gasteiger partial charge in [0.25, 0.3) is 15.7 Å². The number of rotatable bonds is 9. The van der Waals surface area contributed by atoms with Gasteiger partial charge in [0.1, 0.15) is 16.9 Å². The molecule has 218 valence electrons. The Labute approximate surface area is 206 Å². The van der Waals surface area contributed by atoms with Gasteiger partial charge in [-0.05, 0) is 19.1 Å². The molecular formula is C18H17F9O10S. The van der Waals surface area contributed by atoms with Crippen LogP contribution in [0.2, 0.25) is 0 Å². The number of aliphatic hydroxyl groups is 2. The van der Waals surface area contributed by atoms with E-state index in [1.165, 1.54) is 0 Å². The van der Waals surface area contributed by atoms with Gasteiger partial charge < -0.3 is 24.8 Å². The SMILES string of the molecule is CC(O)(CCOC(=O)c1cc(S(=O)(=O)O)cc(C(=O)OCCC(O)(C(F)(F)F)C(F)(F)F)c1O)C(F)(F)F. The van der Waals surface area contributed by atoms with Crippen molar-refractivity contribution in [2.75, 3.05) is 13.2 Å². The molecule has 1 rings (SSSR count). The highest BCUT2D eigenvalue weighted by Gasteiger charge is 2.70. The summed E-state index contributed by atoms with van der Waals surface area (Å²) < 4.78 is 155. The lowest BCUT2D eigenvalue weighted by molar-refractivity contribution is -0.371. The van der Waals surface area contributed by atoms with Crippen LogP contribution < -0.4 is 0 Å². The molecule has 0 bridgehead atoms. The topological polar surface area (TPSA) is 168 Å². The third kappa shape index (κ3) is 7.38. The van der Waals surface area contributed by atoms with Crippen LogP contribution in [0.15, 0.2) is 17.0 Å². The minimum atomic E-state index is -6.28. The monoisotopic (exact) mass is 596 g/mol. The Hall–Kier alpha value is -2.84. The van der Waals surface area contributed by atoms with E-state index in [0.29, 0.717) is 6.92 Å². The van der Waals surface area contributed by atoms with Crippen molar-refractivity contribution in [2.45, 2.75) is 54.4 Å². The molecule has 0 amide bonds. The van der Waals surface area contributed by atoms with Crippen LogP contribution in [0.1, 0.15) is 40.5 Å². The zero-order valence-corrected chi connectivity index (χ0v) is 19.3. The van der Waals surface area contributed by atoms with Crippen molar-refractivity contribution in [2.24, 2.45) is 0 Å². The van der Waals surface area contributed by atoms with Gasteiger partial charge in [-0.2, -0.15) is 47.9 Å². The normalized spacial score (nSPS) is 15.1. The van der Waals surface area contributed by atoms with E-state index >= 15 is 0 Å². The molecule has 0 fully saturated rings. The van der Waals surface area contributed by atoms with Crippen LogP contribution in [0.4, 0.5) is 39.5 Å². The summed E-state index contributed by atoms with van der Waals surface area (Å²) >= 11 is 0. The fraction of sp³-hybridized carbons (Fsp3) is 0.556. The predicted octanol–water partition coefficient (Wildman–Crippen LogP) is 2.90. The van der Waals surface area contributed by atoms with Gasteiger partial charge in [-0.1, -0.05) is 0 Å². The average molecular weight is 596 g/mol. The summed E-state index contributed by atoms with van der Waals surface area (Å²) in [4.78, 5) is 22.9. The number of benzene rings is 1. The van der Waals surface area contributed by atoms with E-state index in [9.17, 15) is 72.3 Å². The maximum Gasteiger partial charge on any atom is 0.426 e. The van der Waals surface area contributed by atoms with E-state index in [2.05, 4.69) is 9.47 Å². The lowest BCUT2D eigenvalue weighted by atomic mass is 9.99. The summed E-state index contributed by atoms with van der Waals surface area (Å²) in [5.74, 6) is -5.44. The van der Waals surface area contributed by atoms with Gasteiger partial charge in [-0.3, -0.25) is 4.55 Å². The van der Waals surface area contributed by atoms with Crippen molar-refractivity contribution in [3.8, 4) is 5.75 Å². The third-order valence-corrected chi connectivity index (χ3v) is 5.72. The molecule has 0 aliphatic carbocycles. The molecule has 1 aromatic carbocycles. The van der Waals surface area contributed by atoms with Gasteiger partial charge >= 0.3 is 30.5 Å². The lowest BCUT2D eigenvalue weighted by Gasteiger charge is -2.32. The Morgan fingerprint density at radius 1 is 0.789 bits per heavy atom. The van der Waals surface area contributed by atoms with Crippen molar-refractivity contribution >= 4 is 22.1 Å². The summed E-state index contributed by atoms with van der Waals surface area (Å²) in [7, 11) is -5.33. The van der Waals surface area contributed by atoms with E-state index in [1.807, 2.05) is 0 Å². The zero-order chi connectivity index (χ0) is 30.1. The van der Waals surface area contributed by atoms with Gasteiger partial charge in [0.05, 0.1) is 18.1 Å². The molecule has 0 aromatic heterocycles. The highest BCUT2D eigenvalue weighted by molar-refractivity contribution is 7.85. The molecule has 1 aromatic rings. The number of hydrogen-bond acceptors (Lipinski definition) is 9. The second-order valence-electron chi connectivity index (χ2n) is 7.74. The number of phenolic OH excluding ortho intramolecular Hbond substituents is 1. The summed E-state index contributed by atoms with van der Waals surface area (Å²) in [5, 5.41) is 28.4. The first-order chi connectivity index (χ1) is 16.8. The summed E-state index contributed by atoms with van der Waals surface area (Å²) in [6.45, 7) is -2.71. The van der Waals surface area contributed by atoms with Crippen LogP contribution in [-0.4, -0.2) is 83.2 Å². The molecule has 0 saturated heterocycles. The number of ether oxygens (including phenoxy) is 2. The quantitative estimate of drug-likeness (QED) is 0.189. The average Bonchev–Trinajstić information content (AvgIpc) is 2.70. The van der Waals surface area contributed by atoms with Crippen molar-refractivity contribution in [1.82, 2.24) is 0 Å². The van der Waals surface area contributed by atoms with Gasteiger partial charge in [0, 0.05) is 12.8 Å². The smallest absolute Gasteiger partial charge is 0.426 e. The fourth-order valence-electron chi connectivity index (χ4n) is 2.44. The van der Waals surface area contributed by atoms with E-state index in [1.54, 1.807) is 0 Å². The van der Waals surface area contributed by atoms with Crippen LogP contribution >= 0.6 is 0 Å². The van der Waals surface area contributed by atoms with Crippen molar-refractivity contribution in [3.05, 3.63) is 23.3 Å². The molecule has 38 heavy (non-hydrogen) atoms. The zero-order valence-electron chi connectivity index (χ0n) is 18.5. The van der Waals surface area contributed by atoms with Gasteiger partial charge in [-0.25, -0.2) is 9.59 Å². The van der Waals surface area contributed by atoms with Crippen LogP contribution in [0, 0.1) is 0 Å². The number of carbonyl (C=O) groups is 2. The molecule has 20 heteroatoms. The lowest BCUT2D eigenvalue weighted by Crippen LogP contribution is -2.57. The Morgan fingerprint density at radius 3 is 1.47 bits per heavy atom. The molecule has 1 unspecified atom stereocenters. The first-order valence-corrected chi connectivity index (χ1v) is 11.0. The number of aromatic hydroxyl groups is 1. The Balaban J connectivity index is 3.25. The molecule has 0 heterocycles. The fourth-order valence-corrected chi connectivity index (χ4v) is 2.98. The maximum absolute atomic E-state index is 12.7. The largest absolute Gasteiger partial charge is 0.506 e. The minimum absolute atomic E-state index is 0.0952. The Bertz CT molecular complexity index is 1140. The Morgan fingerprint density at radius 2 is 1.16 bits per heavy atom. The van der Waals surface area contributed by atoms with Crippen LogP contribution in [0.5, 0.6) is 5.75 Å². The van der Waals surface area contributed by atoms with E-state index < -0.39 is 99.6 Å². The van der Waals surface area contributed by atoms with Gasteiger partial charge in [0.2, 0.25) is 0 Å². The molecule has 0 aliphatic rings. The first-order valence-electron chi connectivity index (χ1n) is 9.60. The molecule has 4 N–H and O–H groups in total. The van der Waals surface area contributed by atoms with Crippen LogP contribution in [0.25, 0.3) is 0 Å². The molecule has 0 aliphatic heterocycles. The van der Waals surface area contributed by atoms with E-state index in [0.717, 1.165) is 0 Å². The van der Waals surface area contributed by atoms with Crippen LogP contribution in [0.3, 0.4) is 0 Å². The molecule has 10 nitrogen and oxygen atoms in total. The summed E-state index contributed by atoms with van der Waals surface area (Å²) in [5.41, 5.74) is -11.4. The van der Waals surface area contributed by atoms with Crippen molar-refractivity contribution < 1.29 is 86.9 Å². The number of phenols is 1. The highest BCUT2D eigenvalue weighted by Crippen LogP contribution is 2.45. The van der Waals surface area contributed by atoms with Crippen LogP contribution in [-0.2, 0) is 19.6 Å². The molecule has 1 atom stereocenters. The second kappa shape index (κ2) is 10.7. The number of hydrogen-bond donors (Lipinski definition) is 4. The van der Waals surface area contributed by atoms with E-state index in [4.69, 9.17) is 5.11 Å². The van der Waals surface area contributed by atoms with Gasteiger partial charge in [-0.15, -0.1) is 0 Å². The minimum Gasteiger partial charge on any atom is -0.506 e. The summed E-state index contributed by atoms with van der Waals surface area (Å²) in [6.07, 6.45) is -21.3. The molecule has 0 saturated carbocycles. The van der Waals surface area contributed by atoms with Crippen molar-refractivity contribution in [3.63, 3.8) is 0 Å². The van der Waals surface area contributed by atoms with Crippen molar-refractivity contribution in [1.29, 1.82) is 0 Å². The number of carbonyl (C=O) groups excluding carboxylic acids is 2. The van der Waals surface area contributed by atoms with E-state index in [-0.39, 0.29) is 12.1 Å². The second-order valence-corrected chi connectivity index (χ2v) is 9.16. The first kappa shape index (κ1) is 33.2. The predicted molar refractivity (Wildman–Crippen MR) is 101 cm³/mol. The molecule has 0 spiro atoms. The highest BCUT2D eigenvalue weighted by atomic mass is 32.2. The standard InChI is InChI=1S/C18H17F9O10S/c1-14(31,16(19,20)21)2-4-36-12(29)9-6-8(38(33,34)35)7-10(11(9)28)13(30)37-5-3-15(32,17(22,23)24)18(25,26)27/h6-7,28,31-32H,2-5H2,1H3,(H,33,34,35). The number of halogens is 9. The number of esters is 2. The van der Waals surface area contributed by atoms with Gasteiger partial charge in [0.15, 0.2) is 5.60 Å². The molecular weight excluding hydrogens is 579 g/mol. The molecule has 0 radical (unpaired) electrons. The third-order valence-electron chi connectivity index (χ3n) is 4.89. The Kier molecular flexibility index (Phi) is 9.37. The summed E-state index contributed by atoms with van der Waals surface area (Å²) in [6, 6.07) is 0.260. The number of alkyl halides is 9. The maximum atomic E-state index is 12.7.